The summed E-state index contributed by atoms with van der Waals surface area (Å²) in [7, 11) is 1.62. The van der Waals surface area contributed by atoms with Crippen LogP contribution in [0.2, 0.25) is 0 Å². The molecule has 2 heterocycles. The summed E-state index contributed by atoms with van der Waals surface area (Å²) in [6, 6.07) is 3.92. The Bertz CT molecular complexity index is 945. The van der Waals surface area contributed by atoms with Gasteiger partial charge in [-0.1, -0.05) is 31.2 Å². The minimum Gasteiger partial charge on any atom is -0.491 e. The van der Waals surface area contributed by atoms with Gasteiger partial charge in [-0.2, -0.15) is 0 Å². The first kappa shape index (κ1) is 15.7. The highest BCUT2D eigenvalue weighted by Crippen LogP contribution is 2.38. The quantitative estimate of drug-likeness (QED) is 0.899. The maximum Gasteiger partial charge on any atom is 0.224 e. The Morgan fingerprint density at radius 2 is 2.24 bits per heavy atom. The van der Waals surface area contributed by atoms with Crippen LogP contribution in [-0.2, 0) is 6.54 Å². The standard InChI is InChI=1S/C19H22N4O2/c1-19(8-4-3-5-9-19)12-25-14-7-6-13-15(16(14)24-2)22-18(20)23-11-10-21-17(13)23/h3-8,20-21H,9-12H2,1-2H3. The molecule has 2 N–H and O–H groups in total. The monoisotopic (exact) mass is 338 g/mol. The Morgan fingerprint density at radius 3 is 3.00 bits per heavy atom. The number of allylic oxidation sites excluding steroid dienone is 3. The number of benzene rings is 1. The molecular formula is C19H22N4O2. The normalized spacial score (nSPS) is 21.2. The van der Waals surface area contributed by atoms with Crippen molar-refractivity contribution in [3.63, 3.8) is 0 Å². The fraction of sp³-hybridized carbons (Fsp3) is 0.368. The molecule has 2 aromatic rings. The van der Waals surface area contributed by atoms with Gasteiger partial charge in [0.1, 0.15) is 11.3 Å². The Morgan fingerprint density at radius 1 is 1.36 bits per heavy atom. The number of nitrogens with one attached hydrogen (secondary N) is 2. The minimum absolute atomic E-state index is 0.0297. The van der Waals surface area contributed by atoms with E-state index < -0.39 is 0 Å². The predicted octanol–water partition coefficient (Wildman–Crippen LogP) is 2.85. The summed E-state index contributed by atoms with van der Waals surface area (Å²) >= 11 is 0. The van der Waals surface area contributed by atoms with Crippen molar-refractivity contribution < 1.29 is 9.47 Å². The molecule has 0 radical (unpaired) electrons. The molecule has 1 aliphatic carbocycles. The molecule has 130 valence electrons. The average Bonchev–Trinajstić information content (AvgIpc) is 3.11. The molecule has 0 saturated carbocycles. The number of methoxy groups -OCH3 is 1. The molecule has 0 amide bonds. The van der Waals surface area contributed by atoms with Crippen LogP contribution < -0.4 is 20.4 Å². The second-order valence-corrected chi connectivity index (χ2v) is 6.79. The fourth-order valence-electron chi connectivity index (χ4n) is 3.40. The number of nitrogens with zero attached hydrogens (tertiary/aromatic N) is 2. The topological polar surface area (TPSA) is 72.2 Å². The molecule has 1 aliphatic heterocycles. The summed E-state index contributed by atoms with van der Waals surface area (Å²) in [6.07, 6.45) is 9.39. The van der Waals surface area contributed by atoms with Gasteiger partial charge in [0.15, 0.2) is 11.5 Å². The lowest BCUT2D eigenvalue weighted by atomic mass is 9.85. The maximum absolute atomic E-state index is 8.17. The number of hydrogen-bond acceptors (Lipinski definition) is 5. The first-order valence-electron chi connectivity index (χ1n) is 8.48. The van der Waals surface area contributed by atoms with E-state index in [-0.39, 0.29) is 11.0 Å². The Balaban J connectivity index is 1.73. The Kier molecular flexibility index (Phi) is 3.75. The van der Waals surface area contributed by atoms with E-state index in [9.17, 15) is 0 Å². The Hall–Kier alpha value is -2.76. The fourth-order valence-corrected chi connectivity index (χ4v) is 3.40. The molecule has 1 atom stereocenters. The lowest BCUT2D eigenvalue weighted by Gasteiger charge is -2.27. The molecule has 6 nitrogen and oxygen atoms in total. The summed E-state index contributed by atoms with van der Waals surface area (Å²) in [6.45, 7) is 4.30. The van der Waals surface area contributed by atoms with Gasteiger partial charge in [-0.05, 0) is 18.6 Å². The van der Waals surface area contributed by atoms with Crippen LogP contribution in [0.5, 0.6) is 11.5 Å². The minimum atomic E-state index is -0.0297. The molecule has 0 spiro atoms. The van der Waals surface area contributed by atoms with E-state index in [0.717, 1.165) is 30.7 Å². The van der Waals surface area contributed by atoms with Crippen molar-refractivity contribution in [2.45, 2.75) is 19.9 Å². The van der Waals surface area contributed by atoms with Gasteiger partial charge in [0.25, 0.3) is 0 Å². The largest absolute Gasteiger partial charge is 0.491 e. The zero-order valence-electron chi connectivity index (χ0n) is 14.5. The van der Waals surface area contributed by atoms with E-state index in [1.807, 2.05) is 16.7 Å². The zero-order chi connectivity index (χ0) is 17.4. The molecule has 6 heteroatoms. The predicted molar refractivity (Wildman–Crippen MR) is 97.1 cm³/mol. The van der Waals surface area contributed by atoms with Gasteiger partial charge in [-0.3, -0.25) is 9.98 Å². The van der Waals surface area contributed by atoms with Gasteiger partial charge in [0, 0.05) is 23.9 Å². The van der Waals surface area contributed by atoms with Crippen LogP contribution in [0.15, 0.2) is 36.4 Å². The third-order valence-electron chi connectivity index (χ3n) is 4.81. The van der Waals surface area contributed by atoms with Gasteiger partial charge in [-0.25, -0.2) is 4.98 Å². The number of rotatable bonds is 4. The van der Waals surface area contributed by atoms with Crippen LogP contribution in [0.1, 0.15) is 13.3 Å². The van der Waals surface area contributed by atoms with Crippen molar-refractivity contribution >= 4 is 16.7 Å². The lowest BCUT2D eigenvalue weighted by molar-refractivity contribution is 0.200. The first-order chi connectivity index (χ1) is 12.1. The molecule has 2 aliphatic rings. The molecule has 0 saturated heterocycles. The second kappa shape index (κ2) is 5.95. The summed E-state index contributed by atoms with van der Waals surface area (Å²) in [5.41, 5.74) is 0.864. The molecule has 0 bridgehead atoms. The molecule has 1 aromatic heterocycles. The highest BCUT2D eigenvalue weighted by atomic mass is 16.5. The Labute approximate surface area is 146 Å². The maximum atomic E-state index is 8.17. The lowest BCUT2D eigenvalue weighted by Crippen LogP contribution is -2.24. The van der Waals surface area contributed by atoms with Crippen molar-refractivity contribution in [1.29, 1.82) is 5.41 Å². The van der Waals surface area contributed by atoms with Gasteiger partial charge >= 0.3 is 0 Å². The number of anilines is 1. The third-order valence-corrected chi connectivity index (χ3v) is 4.81. The van der Waals surface area contributed by atoms with Gasteiger partial charge in [0.05, 0.1) is 13.7 Å². The number of fused-ring (bicyclic) bond motifs is 3. The molecule has 1 unspecified atom stereocenters. The number of aromatic nitrogens is 2. The van der Waals surface area contributed by atoms with E-state index in [1.54, 1.807) is 7.11 Å². The molecule has 1 aromatic carbocycles. The van der Waals surface area contributed by atoms with E-state index in [1.165, 1.54) is 0 Å². The molecular weight excluding hydrogens is 316 g/mol. The molecule has 4 rings (SSSR count). The van der Waals surface area contributed by atoms with Crippen LogP contribution in [0, 0.1) is 10.8 Å². The first-order valence-corrected chi connectivity index (χ1v) is 8.48. The molecule has 25 heavy (non-hydrogen) atoms. The molecule has 0 fully saturated rings. The van der Waals surface area contributed by atoms with Gasteiger partial charge in [-0.15, -0.1) is 0 Å². The summed E-state index contributed by atoms with van der Waals surface area (Å²) < 4.78 is 13.6. The average molecular weight is 338 g/mol. The smallest absolute Gasteiger partial charge is 0.224 e. The van der Waals surface area contributed by atoms with E-state index in [4.69, 9.17) is 14.9 Å². The van der Waals surface area contributed by atoms with Crippen LogP contribution >= 0.6 is 0 Å². The van der Waals surface area contributed by atoms with Crippen LogP contribution in [0.4, 0.5) is 5.82 Å². The van der Waals surface area contributed by atoms with Crippen molar-refractivity contribution in [3.8, 4) is 11.5 Å². The van der Waals surface area contributed by atoms with Crippen LogP contribution in [-0.4, -0.2) is 29.8 Å². The third kappa shape index (κ3) is 2.67. The van der Waals surface area contributed by atoms with Crippen molar-refractivity contribution in [2.24, 2.45) is 5.41 Å². The van der Waals surface area contributed by atoms with Crippen molar-refractivity contribution in [1.82, 2.24) is 9.55 Å². The summed E-state index contributed by atoms with van der Waals surface area (Å²) in [5.74, 6) is 2.17. The highest BCUT2D eigenvalue weighted by Gasteiger charge is 2.24. The van der Waals surface area contributed by atoms with Gasteiger partial charge < -0.3 is 14.8 Å². The zero-order valence-corrected chi connectivity index (χ0v) is 14.5. The van der Waals surface area contributed by atoms with Crippen molar-refractivity contribution in [2.75, 3.05) is 25.6 Å². The van der Waals surface area contributed by atoms with E-state index >= 15 is 0 Å². The SMILES string of the molecule is COc1c(OCC2(C)C=CC=CC2)ccc2c3n(c(=N)nc12)CCN3. The van der Waals surface area contributed by atoms with Crippen LogP contribution in [0.3, 0.4) is 0 Å². The van der Waals surface area contributed by atoms with Crippen LogP contribution in [0.25, 0.3) is 10.9 Å². The second-order valence-electron chi connectivity index (χ2n) is 6.79. The summed E-state index contributed by atoms with van der Waals surface area (Å²) in [4.78, 5) is 4.45. The highest BCUT2D eigenvalue weighted by molar-refractivity contribution is 5.95. The van der Waals surface area contributed by atoms with Gasteiger partial charge in [0.2, 0.25) is 5.62 Å². The summed E-state index contributed by atoms with van der Waals surface area (Å²) in [5, 5.41) is 12.5. The number of hydrogen-bond donors (Lipinski definition) is 2. The van der Waals surface area contributed by atoms with E-state index in [0.29, 0.717) is 23.6 Å². The van der Waals surface area contributed by atoms with Crippen molar-refractivity contribution in [3.05, 3.63) is 42.1 Å². The number of ether oxygens (including phenoxy) is 2. The van der Waals surface area contributed by atoms with E-state index in [2.05, 4.69) is 41.5 Å².